The third-order valence-electron chi connectivity index (χ3n) is 5.42. The number of carbonyl (C=O) groups excluding carboxylic acids is 1. The lowest BCUT2D eigenvalue weighted by Crippen LogP contribution is -2.37. The van der Waals surface area contributed by atoms with Crippen LogP contribution in [0, 0.1) is 0 Å². The fraction of sp³-hybridized carbons (Fsp3) is 0.238. The molecule has 0 radical (unpaired) electrons. The van der Waals surface area contributed by atoms with Gasteiger partial charge in [0.15, 0.2) is 6.04 Å². The van der Waals surface area contributed by atoms with Crippen molar-refractivity contribution in [2.75, 3.05) is 0 Å². The summed E-state index contributed by atoms with van der Waals surface area (Å²) in [6, 6.07) is 17.2. The molecule has 2 atom stereocenters. The second-order valence-corrected chi connectivity index (χ2v) is 7.12. The molecule has 28 heavy (non-hydrogen) atoms. The van der Waals surface area contributed by atoms with Crippen LogP contribution in [0.15, 0.2) is 60.9 Å². The van der Waals surface area contributed by atoms with Gasteiger partial charge >= 0.3 is 0 Å². The van der Waals surface area contributed by atoms with Gasteiger partial charge in [0, 0.05) is 16.6 Å². The summed E-state index contributed by atoms with van der Waals surface area (Å²) < 4.78 is 1.50. The first kappa shape index (κ1) is 16.7. The number of aromatic nitrogens is 5. The van der Waals surface area contributed by atoms with E-state index < -0.39 is 6.04 Å². The van der Waals surface area contributed by atoms with Gasteiger partial charge in [-0.05, 0) is 46.9 Å². The predicted molar refractivity (Wildman–Crippen MR) is 105 cm³/mol. The van der Waals surface area contributed by atoms with Crippen molar-refractivity contribution in [2.24, 2.45) is 0 Å². The molecule has 2 heterocycles. The molecular weight excluding hydrogens is 352 g/mol. The fourth-order valence-corrected chi connectivity index (χ4v) is 4.16. The van der Waals surface area contributed by atoms with E-state index >= 15 is 0 Å². The van der Waals surface area contributed by atoms with Crippen LogP contribution in [0.2, 0.25) is 0 Å². The van der Waals surface area contributed by atoms with Crippen LogP contribution in [0.25, 0.3) is 10.9 Å². The number of aromatic amines is 1. The number of tetrazole rings is 1. The molecule has 0 bridgehead atoms. The van der Waals surface area contributed by atoms with Crippen molar-refractivity contribution in [1.82, 2.24) is 30.5 Å². The highest BCUT2D eigenvalue weighted by atomic mass is 16.2. The first-order valence-electron chi connectivity index (χ1n) is 9.48. The Labute approximate surface area is 161 Å². The zero-order chi connectivity index (χ0) is 18.9. The summed E-state index contributed by atoms with van der Waals surface area (Å²) in [6.45, 7) is 0. The number of nitrogens with one attached hydrogen (secondary N) is 2. The molecule has 1 aliphatic carbocycles. The second kappa shape index (κ2) is 6.92. The van der Waals surface area contributed by atoms with Crippen LogP contribution >= 0.6 is 0 Å². The molecule has 7 heteroatoms. The van der Waals surface area contributed by atoms with E-state index in [1.54, 1.807) is 0 Å². The van der Waals surface area contributed by atoms with Crippen LogP contribution in [0.4, 0.5) is 0 Å². The number of para-hydroxylation sites is 1. The summed E-state index contributed by atoms with van der Waals surface area (Å²) in [5.74, 6) is -0.116. The van der Waals surface area contributed by atoms with Gasteiger partial charge in [-0.2, -0.15) is 0 Å². The van der Waals surface area contributed by atoms with Gasteiger partial charge in [-0.25, -0.2) is 4.68 Å². The number of fused-ring (bicyclic) bond motifs is 3. The summed E-state index contributed by atoms with van der Waals surface area (Å²) >= 11 is 0. The Morgan fingerprint density at radius 3 is 2.79 bits per heavy atom. The predicted octanol–water partition coefficient (Wildman–Crippen LogP) is 2.94. The van der Waals surface area contributed by atoms with Gasteiger partial charge in [0.25, 0.3) is 0 Å². The van der Waals surface area contributed by atoms with Crippen LogP contribution in [0.1, 0.15) is 41.7 Å². The van der Waals surface area contributed by atoms with Crippen LogP contribution in [-0.2, 0) is 11.2 Å². The lowest BCUT2D eigenvalue weighted by Gasteiger charge is -2.26. The molecule has 2 N–H and O–H groups in total. The van der Waals surface area contributed by atoms with Crippen LogP contribution in [-0.4, -0.2) is 31.1 Å². The Kier molecular flexibility index (Phi) is 4.12. The Morgan fingerprint density at radius 1 is 1.14 bits per heavy atom. The zero-order valence-corrected chi connectivity index (χ0v) is 15.2. The van der Waals surface area contributed by atoms with Crippen molar-refractivity contribution >= 4 is 16.8 Å². The van der Waals surface area contributed by atoms with Crippen molar-refractivity contribution in [3.63, 3.8) is 0 Å². The molecule has 0 saturated carbocycles. The Bertz CT molecular complexity index is 1100. The maximum Gasteiger partial charge on any atom is 0.250 e. The van der Waals surface area contributed by atoms with E-state index in [1.807, 2.05) is 36.4 Å². The number of hydrogen-bond acceptors (Lipinski definition) is 4. The van der Waals surface area contributed by atoms with Crippen LogP contribution in [0.5, 0.6) is 0 Å². The standard InChI is InChI=1S/C21H20N6O/c28-21(20(27-13-22-25-26-27)14-7-2-1-3-8-14)24-18-12-6-10-16-15-9-4-5-11-17(15)23-19(16)18/h1-5,7-9,11,13,18,20,23H,6,10,12H2,(H,24,28). The highest BCUT2D eigenvalue weighted by Crippen LogP contribution is 2.35. The van der Waals surface area contributed by atoms with E-state index in [-0.39, 0.29) is 11.9 Å². The van der Waals surface area contributed by atoms with E-state index in [9.17, 15) is 4.79 Å². The maximum absolute atomic E-state index is 13.3. The summed E-state index contributed by atoms with van der Waals surface area (Å²) in [4.78, 5) is 16.8. The van der Waals surface area contributed by atoms with Crippen LogP contribution < -0.4 is 5.32 Å². The lowest BCUT2D eigenvalue weighted by atomic mass is 9.91. The molecule has 1 aliphatic rings. The quantitative estimate of drug-likeness (QED) is 0.576. The van der Waals surface area contributed by atoms with Crippen LogP contribution in [0.3, 0.4) is 0 Å². The molecule has 7 nitrogen and oxygen atoms in total. The van der Waals surface area contributed by atoms with Gasteiger partial charge < -0.3 is 10.3 Å². The number of amides is 1. The monoisotopic (exact) mass is 372 g/mol. The summed E-state index contributed by atoms with van der Waals surface area (Å²) in [5.41, 5.74) is 4.39. The SMILES string of the molecule is O=C(NC1CCCc2c1[nH]c1ccccc21)C(c1ccccc1)n1cnnn1. The number of carbonyl (C=O) groups is 1. The molecule has 5 rings (SSSR count). The lowest BCUT2D eigenvalue weighted by molar-refractivity contribution is -0.124. The molecule has 0 aliphatic heterocycles. The maximum atomic E-state index is 13.3. The summed E-state index contributed by atoms with van der Waals surface area (Å²) in [6.07, 6.45) is 4.46. The second-order valence-electron chi connectivity index (χ2n) is 7.12. The van der Waals surface area contributed by atoms with Gasteiger partial charge in [0.1, 0.15) is 6.33 Å². The third kappa shape index (κ3) is 2.85. The number of hydrogen-bond donors (Lipinski definition) is 2. The number of aryl methyl sites for hydroxylation is 1. The highest BCUT2D eigenvalue weighted by Gasteiger charge is 2.30. The van der Waals surface area contributed by atoms with E-state index in [4.69, 9.17) is 0 Å². The normalized spacial score (nSPS) is 17.2. The zero-order valence-electron chi connectivity index (χ0n) is 15.2. The van der Waals surface area contributed by atoms with E-state index in [0.29, 0.717) is 0 Å². The van der Waals surface area contributed by atoms with E-state index in [1.165, 1.54) is 22.0 Å². The van der Waals surface area contributed by atoms with Crippen molar-refractivity contribution in [3.8, 4) is 0 Å². The van der Waals surface area contributed by atoms with Gasteiger partial charge in [-0.1, -0.05) is 48.5 Å². The van der Waals surface area contributed by atoms with E-state index in [2.05, 4.69) is 44.0 Å². The fourth-order valence-electron chi connectivity index (χ4n) is 4.16. The smallest absolute Gasteiger partial charge is 0.250 e. The molecule has 140 valence electrons. The molecule has 2 aromatic carbocycles. The average Bonchev–Trinajstić information content (AvgIpc) is 3.38. The van der Waals surface area contributed by atoms with Gasteiger partial charge in [-0.3, -0.25) is 4.79 Å². The topological polar surface area (TPSA) is 88.5 Å². The first-order chi connectivity index (χ1) is 13.8. The molecule has 0 fully saturated rings. The molecule has 1 amide bonds. The average molecular weight is 372 g/mol. The minimum absolute atomic E-state index is 0.0497. The molecule has 4 aromatic rings. The Morgan fingerprint density at radius 2 is 1.96 bits per heavy atom. The summed E-state index contributed by atoms with van der Waals surface area (Å²) in [7, 11) is 0. The van der Waals surface area contributed by atoms with Gasteiger partial charge in [-0.15, -0.1) is 5.10 Å². The molecule has 0 saturated heterocycles. The van der Waals surface area contributed by atoms with Crippen molar-refractivity contribution in [1.29, 1.82) is 0 Å². The van der Waals surface area contributed by atoms with Crippen molar-refractivity contribution in [2.45, 2.75) is 31.3 Å². The van der Waals surface area contributed by atoms with Gasteiger partial charge in [0.2, 0.25) is 5.91 Å². The van der Waals surface area contributed by atoms with Crippen molar-refractivity contribution in [3.05, 3.63) is 77.7 Å². The molecular formula is C21H20N6O. The number of nitrogens with zero attached hydrogens (tertiary/aromatic N) is 4. The largest absolute Gasteiger partial charge is 0.356 e. The molecule has 0 spiro atoms. The minimum Gasteiger partial charge on any atom is -0.356 e. The number of H-pyrrole nitrogens is 1. The first-order valence-corrected chi connectivity index (χ1v) is 9.48. The number of benzene rings is 2. The summed E-state index contributed by atoms with van der Waals surface area (Å²) in [5, 5.41) is 15.9. The van der Waals surface area contributed by atoms with E-state index in [0.717, 1.165) is 36.0 Å². The van der Waals surface area contributed by atoms with Crippen molar-refractivity contribution < 1.29 is 4.79 Å². The third-order valence-corrected chi connectivity index (χ3v) is 5.42. The molecule has 2 aromatic heterocycles. The Balaban J connectivity index is 1.48. The Hall–Kier alpha value is -3.48. The highest BCUT2D eigenvalue weighted by molar-refractivity contribution is 5.87. The number of rotatable bonds is 4. The molecule has 2 unspecified atom stereocenters. The van der Waals surface area contributed by atoms with Gasteiger partial charge in [0.05, 0.1) is 6.04 Å². The minimum atomic E-state index is -0.606.